The summed E-state index contributed by atoms with van der Waals surface area (Å²) in [5, 5.41) is 8.64. The number of hydrogen-bond donors (Lipinski definition) is 0. The van der Waals surface area contributed by atoms with Gasteiger partial charge in [0.05, 0.1) is 12.5 Å². The molecule has 1 fully saturated rings. The van der Waals surface area contributed by atoms with E-state index in [-0.39, 0.29) is 23.8 Å². The first kappa shape index (κ1) is 15.5. The zero-order chi connectivity index (χ0) is 14.4. The number of likely N-dealkylation sites (N-methyl/N-ethyl adjacent to an activating group) is 1. The summed E-state index contributed by atoms with van der Waals surface area (Å²) in [5.74, 6) is 0.136. The molecule has 1 atom stereocenters. The Morgan fingerprint density at radius 1 is 1.53 bits per heavy atom. The molecule has 1 aliphatic rings. The topological polar surface area (TPSA) is 64.4 Å². The molecular formula is C14H23N3O2. The Morgan fingerprint density at radius 3 is 2.63 bits per heavy atom. The van der Waals surface area contributed by atoms with E-state index in [0.717, 1.165) is 6.42 Å². The minimum Gasteiger partial charge on any atom is -0.340 e. The van der Waals surface area contributed by atoms with Gasteiger partial charge in [-0.25, -0.2) is 0 Å². The van der Waals surface area contributed by atoms with Crippen molar-refractivity contribution in [1.29, 1.82) is 5.26 Å². The number of hydrogen-bond acceptors (Lipinski definition) is 3. The number of amides is 2. The molecule has 5 nitrogen and oxygen atoms in total. The monoisotopic (exact) mass is 265 g/mol. The van der Waals surface area contributed by atoms with Crippen LogP contribution in [-0.4, -0.2) is 47.3 Å². The summed E-state index contributed by atoms with van der Waals surface area (Å²) in [5.41, 5.74) is 0. The third-order valence-electron chi connectivity index (χ3n) is 3.52. The van der Waals surface area contributed by atoms with Crippen LogP contribution in [0.15, 0.2) is 0 Å². The molecule has 106 valence electrons. The molecule has 5 heteroatoms. The minimum atomic E-state index is -0.381. The van der Waals surface area contributed by atoms with Gasteiger partial charge in [-0.15, -0.1) is 0 Å². The Hall–Kier alpha value is -1.57. The van der Waals surface area contributed by atoms with Gasteiger partial charge in [0.2, 0.25) is 11.8 Å². The SMILES string of the molecule is CCN(CCC#N)C(=O)[C@H](C(C)C)N1CCCC1=O. The van der Waals surface area contributed by atoms with E-state index < -0.39 is 0 Å². The summed E-state index contributed by atoms with van der Waals surface area (Å²) >= 11 is 0. The molecule has 0 aromatic heterocycles. The second-order valence-electron chi connectivity index (χ2n) is 5.21. The van der Waals surface area contributed by atoms with E-state index in [1.165, 1.54) is 0 Å². The van der Waals surface area contributed by atoms with Crippen molar-refractivity contribution in [3.05, 3.63) is 0 Å². The molecule has 0 aromatic rings. The first-order valence-corrected chi connectivity index (χ1v) is 6.98. The second-order valence-corrected chi connectivity index (χ2v) is 5.21. The molecule has 1 aliphatic heterocycles. The summed E-state index contributed by atoms with van der Waals surface area (Å²) in [6, 6.07) is 1.68. The Morgan fingerprint density at radius 2 is 2.21 bits per heavy atom. The molecule has 19 heavy (non-hydrogen) atoms. The Labute approximate surface area is 115 Å². The summed E-state index contributed by atoms with van der Waals surface area (Å²) < 4.78 is 0. The summed E-state index contributed by atoms with van der Waals surface area (Å²) in [6.07, 6.45) is 1.71. The molecule has 0 saturated carbocycles. The highest BCUT2D eigenvalue weighted by Gasteiger charge is 2.36. The standard InChI is InChI=1S/C14H23N3O2/c1-4-16(9-6-8-15)14(19)13(11(2)3)17-10-5-7-12(17)18/h11,13H,4-7,9-10H2,1-3H3/t13-/m0/s1. The lowest BCUT2D eigenvalue weighted by Crippen LogP contribution is -2.52. The molecule has 0 bridgehead atoms. The van der Waals surface area contributed by atoms with Gasteiger partial charge in [0.15, 0.2) is 0 Å². The first-order valence-electron chi connectivity index (χ1n) is 6.98. The second kappa shape index (κ2) is 7.13. The smallest absolute Gasteiger partial charge is 0.245 e. The predicted molar refractivity (Wildman–Crippen MR) is 72.1 cm³/mol. The van der Waals surface area contributed by atoms with Gasteiger partial charge in [0.1, 0.15) is 6.04 Å². The molecule has 1 heterocycles. The van der Waals surface area contributed by atoms with Crippen molar-refractivity contribution in [2.24, 2.45) is 5.92 Å². The molecule has 0 unspecified atom stereocenters. The van der Waals surface area contributed by atoms with Crippen molar-refractivity contribution in [1.82, 2.24) is 9.80 Å². The van der Waals surface area contributed by atoms with Gasteiger partial charge in [0, 0.05) is 26.1 Å². The van der Waals surface area contributed by atoms with Crippen LogP contribution in [0, 0.1) is 17.2 Å². The van der Waals surface area contributed by atoms with Crippen LogP contribution in [0.25, 0.3) is 0 Å². The highest BCUT2D eigenvalue weighted by Crippen LogP contribution is 2.21. The van der Waals surface area contributed by atoms with Gasteiger partial charge in [-0.3, -0.25) is 9.59 Å². The van der Waals surface area contributed by atoms with E-state index in [1.807, 2.05) is 20.8 Å². The number of nitriles is 1. The zero-order valence-electron chi connectivity index (χ0n) is 12.1. The molecule has 1 rings (SSSR count). The first-order chi connectivity index (χ1) is 9.02. The third-order valence-corrected chi connectivity index (χ3v) is 3.52. The van der Waals surface area contributed by atoms with Crippen LogP contribution in [0.2, 0.25) is 0 Å². The number of carbonyl (C=O) groups is 2. The number of rotatable bonds is 6. The minimum absolute atomic E-state index is 0.0250. The van der Waals surface area contributed by atoms with Gasteiger partial charge in [-0.2, -0.15) is 5.26 Å². The highest BCUT2D eigenvalue weighted by molar-refractivity contribution is 5.88. The summed E-state index contributed by atoms with van der Waals surface area (Å²) in [6.45, 7) is 7.52. The van der Waals surface area contributed by atoms with E-state index in [1.54, 1.807) is 9.80 Å². The Bertz CT molecular complexity index is 373. The van der Waals surface area contributed by atoms with Crippen molar-refractivity contribution in [3.63, 3.8) is 0 Å². The number of likely N-dealkylation sites (tertiary alicyclic amines) is 1. The van der Waals surface area contributed by atoms with E-state index >= 15 is 0 Å². The van der Waals surface area contributed by atoms with E-state index in [4.69, 9.17) is 5.26 Å². The normalized spacial score (nSPS) is 16.6. The molecule has 0 spiro atoms. The highest BCUT2D eigenvalue weighted by atomic mass is 16.2. The van der Waals surface area contributed by atoms with Gasteiger partial charge in [-0.1, -0.05) is 13.8 Å². The fourth-order valence-corrected chi connectivity index (χ4v) is 2.54. The van der Waals surface area contributed by atoms with Crippen molar-refractivity contribution >= 4 is 11.8 Å². The fourth-order valence-electron chi connectivity index (χ4n) is 2.54. The molecule has 0 N–H and O–H groups in total. The van der Waals surface area contributed by atoms with Crippen LogP contribution in [0.5, 0.6) is 0 Å². The maximum Gasteiger partial charge on any atom is 0.245 e. The van der Waals surface area contributed by atoms with Crippen LogP contribution < -0.4 is 0 Å². The molecule has 2 amide bonds. The predicted octanol–water partition coefficient (Wildman–Crippen LogP) is 1.40. The maximum absolute atomic E-state index is 12.6. The average Bonchev–Trinajstić information content (AvgIpc) is 2.76. The van der Waals surface area contributed by atoms with Crippen LogP contribution >= 0.6 is 0 Å². The average molecular weight is 265 g/mol. The molecule has 0 radical (unpaired) electrons. The van der Waals surface area contributed by atoms with Gasteiger partial charge < -0.3 is 9.80 Å². The van der Waals surface area contributed by atoms with Crippen molar-refractivity contribution < 1.29 is 9.59 Å². The molecule has 1 saturated heterocycles. The lowest BCUT2D eigenvalue weighted by molar-refractivity contribution is -0.145. The van der Waals surface area contributed by atoms with Gasteiger partial charge in [0.25, 0.3) is 0 Å². The molecule has 0 aromatic carbocycles. The lowest BCUT2D eigenvalue weighted by atomic mass is 10.0. The van der Waals surface area contributed by atoms with Crippen LogP contribution in [0.1, 0.15) is 40.0 Å². The Balaban J connectivity index is 2.83. The third kappa shape index (κ3) is 3.69. The summed E-state index contributed by atoms with van der Waals surface area (Å²) in [7, 11) is 0. The molecule has 0 aliphatic carbocycles. The van der Waals surface area contributed by atoms with E-state index in [2.05, 4.69) is 6.07 Å². The van der Waals surface area contributed by atoms with Crippen LogP contribution in [0.3, 0.4) is 0 Å². The Kier molecular flexibility index (Phi) is 5.81. The lowest BCUT2D eigenvalue weighted by Gasteiger charge is -2.34. The largest absolute Gasteiger partial charge is 0.340 e. The van der Waals surface area contributed by atoms with Gasteiger partial charge in [-0.05, 0) is 19.3 Å². The quantitative estimate of drug-likeness (QED) is 0.729. The van der Waals surface area contributed by atoms with Gasteiger partial charge >= 0.3 is 0 Å². The zero-order valence-corrected chi connectivity index (χ0v) is 12.1. The van der Waals surface area contributed by atoms with Crippen molar-refractivity contribution in [3.8, 4) is 6.07 Å². The van der Waals surface area contributed by atoms with Crippen LogP contribution in [0.4, 0.5) is 0 Å². The van der Waals surface area contributed by atoms with Crippen LogP contribution in [-0.2, 0) is 9.59 Å². The van der Waals surface area contributed by atoms with E-state index in [0.29, 0.717) is 32.5 Å². The number of carbonyl (C=O) groups excluding carboxylic acids is 2. The summed E-state index contributed by atoms with van der Waals surface area (Å²) in [4.78, 5) is 27.8. The fraction of sp³-hybridized carbons (Fsp3) is 0.786. The number of nitrogens with zero attached hydrogens (tertiary/aromatic N) is 3. The molecular weight excluding hydrogens is 242 g/mol. The van der Waals surface area contributed by atoms with Crippen molar-refractivity contribution in [2.75, 3.05) is 19.6 Å². The maximum atomic E-state index is 12.6. The van der Waals surface area contributed by atoms with Crippen molar-refractivity contribution in [2.45, 2.75) is 46.1 Å². The van der Waals surface area contributed by atoms with E-state index in [9.17, 15) is 9.59 Å².